The zero-order valence-electron chi connectivity index (χ0n) is 10.1. The van der Waals surface area contributed by atoms with Crippen molar-refractivity contribution >= 4 is 5.97 Å². The number of carbonyl (C=O) groups is 1. The van der Waals surface area contributed by atoms with E-state index in [1.165, 1.54) is 13.2 Å². The van der Waals surface area contributed by atoms with Crippen molar-refractivity contribution in [1.82, 2.24) is 5.32 Å². The van der Waals surface area contributed by atoms with Gasteiger partial charge in [-0.1, -0.05) is 0 Å². The number of aliphatic hydroxyl groups excluding tert-OH is 1. The molecule has 1 atom stereocenters. The molecule has 0 fully saturated rings. The van der Waals surface area contributed by atoms with Crippen LogP contribution < -0.4 is 5.32 Å². The highest BCUT2D eigenvalue weighted by molar-refractivity contribution is 5.90. The minimum Gasteiger partial charge on any atom is -0.465 e. The Hall–Kier alpha value is -1.47. The van der Waals surface area contributed by atoms with Gasteiger partial charge in [-0.3, -0.25) is 0 Å². The number of ether oxygens (including phenoxy) is 1. The number of furan rings is 1. The molecule has 0 radical (unpaired) electrons. The van der Waals surface area contributed by atoms with Crippen LogP contribution in [0.1, 0.15) is 21.9 Å². The van der Waals surface area contributed by atoms with Crippen LogP contribution in [-0.4, -0.2) is 37.3 Å². The average Bonchev–Trinajstić information content (AvgIpc) is 2.69. The summed E-state index contributed by atoms with van der Waals surface area (Å²) in [5, 5.41) is 11.5. The van der Waals surface area contributed by atoms with Gasteiger partial charge in [0.15, 0.2) is 0 Å². The van der Waals surface area contributed by atoms with Gasteiger partial charge in [0.05, 0.1) is 13.7 Å². The van der Waals surface area contributed by atoms with Crippen LogP contribution in [-0.2, 0) is 11.3 Å². The van der Waals surface area contributed by atoms with E-state index in [2.05, 4.69) is 10.1 Å². The lowest BCUT2D eigenvalue weighted by Crippen LogP contribution is -2.31. The van der Waals surface area contributed by atoms with E-state index in [9.17, 15) is 13.6 Å². The summed E-state index contributed by atoms with van der Waals surface area (Å²) >= 11 is 0. The Labute approximate surface area is 103 Å². The molecule has 7 heteroatoms. The summed E-state index contributed by atoms with van der Waals surface area (Å²) in [5.41, 5.74) is 0.295. The molecule has 0 aliphatic rings. The maximum Gasteiger partial charge on any atom is 0.341 e. The largest absolute Gasteiger partial charge is 0.465 e. The Bertz CT molecular complexity index is 406. The Balaban J connectivity index is 2.51. The molecular formula is C11H15F2NO4. The lowest BCUT2D eigenvalue weighted by molar-refractivity contribution is -0.00360. The molecule has 5 nitrogen and oxygen atoms in total. The van der Waals surface area contributed by atoms with Crippen molar-refractivity contribution in [2.45, 2.75) is 26.0 Å². The first-order chi connectivity index (χ1) is 8.45. The number of nitrogens with one attached hydrogen (secondary N) is 1. The quantitative estimate of drug-likeness (QED) is 0.752. The first kappa shape index (κ1) is 14.6. The molecule has 2 N–H and O–H groups in total. The molecule has 0 bridgehead atoms. The van der Waals surface area contributed by atoms with E-state index in [0.29, 0.717) is 17.1 Å². The smallest absolute Gasteiger partial charge is 0.341 e. The van der Waals surface area contributed by atoms with Crippen LogP contribution in [0.25, 0.3) is 0 Å². The molecule has 0 spiro atoms. The molecule has 0 saturated heterocycles. The van der Waals surface area contributed by atoms with Crippen molar-refractivity contribution < 1.29 is 27.8 Å². The summed E-state index contributed by atoms with van der Waals surface area (Å²) in [5.74, 6) is 0.289. The lowest BCUT2D eigenvalue weighted by Gasteiger charge is -2.09. The van der Waals surface area contributed by atoms with Crippen molar-refractivity contribution in [2.24, 2.45) is 0 Å². The van der Waals surface area contributed by atoms with Gasteiger partial charge in [-0.15, -0.1) is 0 Å². The van der Waals surface area contributed by atoms with Gasteiger partial charge in [-0.25, -0.2) is 13.6 Å². The summed E-state index contributed by atoms with van der Waals surface area (Å²) in [6.07, 6.45) is -4.51. The molecule has 1 aromatic heterocycles. The molecule has 0 aliphatic carbocycles. The number of rotatable bonds is 6. The zero-order chi connectivity index (χ0) is 13.7. The molecule has 0 amide bonds. The molecule has 0 saturated carbocycles. The number of carbonyl (C=O) groups excluding carboxylic acids is 1. The summed E-state index contributed by atoms with van der Waals surface area (Å²) in [4.78, 5) is 11.3. The number of esters is 1. The van der Waals surface area contributed by atoms with Gasteiger partial charge in [0.1, 0.15) is 23.2 Å². The topological polar surface area (TPSA) is 71.7 Å². The number of hydrogen-bond donors (Lipinski definition) is 2. The third-order valence-electron chi connectivity index (χ3n) is 2.32. The summed E-state index contributed by atoms with van der Waals surface area (Å²) < 4.78 is 33.8. The molecule has 102 valence electrons. The Morgan fingerprint density at radius 1 is 1.61 bits per heavy atom. The maximum atomic E-state index is 12.0. The fourth-order valence-electron chi connectivity index (χ4n) is 1.38. The maximum absolute atomic E-state index is 12.0. The van der Waals surface area contributed by atoms with Crippen LogP contribution in [0.4, 0.5) is 8.78 Å². The van der Waals surface area contributed by atoms with Crippen molar-refractivity contribution in [1.29, 1.82) is 0 Å². The predicted octanol–water partition coefficient (Wildman–Crippen LogP) is 1.09. The van der Waals surface area contributed by atoms with Crippen LogP contribution >= 0.6 is 0 Å². The highest BCUT2D eigenvalue weighted by Gasteiger charge is 2.17. The first-order valence-corrected chi connectivity index (χ1v) is 5.30. The van der Waals surface area contributed by atoms with Crippen LogP contribution in [0.15, 0.2) is 10.5 Å². The monoisotopic (exact) mass is 263 g/mol. The number of aryl methyl sites for hydroxylation is 1. The molecule has 0 aliphatic heterocycles. The summed E-state index contributed by atoms with van der Waals surface area (Å²) in [7, 11) is 1.26. The zero-order valence-corrected chi connectivity index (χ0v) is 10.1. The van der Waals surface area contributed by atoms with Crippen LogP contribution in [0.3, 0.4) is 0 Å². The van der Waals surface area contributed by atoms with Gasteiger partial charge >= 0.3 is 5.97 Å². The number of alkyl halides is 2. The van der Waals surface area contributed by atoms with E-state index in [-0.39, 0.29) is 13.1 Å². The van der Waals surface area contributed by atoms with Crippen molar-refractivity contribution in [3.63, 3.8) is 0 Å². The van der Waals surface area contributed by atoms with Crippen LogP contribution in [0.5, 0.6) is 0 Å². The fraction of sp³-hybridized carbons (Fsp3) is 0.545. The Morgan fingerprint density at radius 2 is 2.28 bits per heavy atom. The third-order valence-corrected chi connectivity index (χ3v) is 2.32. The molecule has 1 heterocycles. The van der Waals surface area contributed by atoms with E-state index in [1.54, 1.807) is 6.92 Å². The van der Waals surface area contributed by atoms with Crippen LogP contribution in [0, 0.1) is 6.92 Å². The summed E-state index contributed by atoms with van der Waals surface area (Å²) in [6, 6.07) is 1.48. The lowest BCUT2D eigenvalue weighted by atomic mass is 10.2. The van der Waals surface area contributed by atoms with Crippen molar-refractivity contribution in [3.05, 3.63) is 23.2 Å². The van der Waals surface area contributed by atoms with Gasteiger partial charge in [-0.2, -0.15) is 0 Å². The number of aliphatic hydroxyl groups is 1. The van der Waals surface area contributed by atoms with E-state index in [4.69, 9.17) is 9.52 Å². The standard InChI is InChI=1S/C11H15F2NO4/c1-6-8(11(16)17-2)3-7(18-6)4-14-5-9(15)10(12)13/h3,9-10,14-15H,4-5H2,1-2H3. The van der Waals surface area contributed by atoms with Crippen molar-refractivity contribution in [3.8, 4) is 0 Å². The van der Waals surface area contributed by atoms with E-state index in [0.717, 1.165) is 0 Å². The second-order valence-electron chi connectivity index (χ2n) is 3.71. The first-order valence-electron chi connectivity index (χ1n) is 5.30. The Morgan fingerprint density at radius 3 is 2.83 bits per heavy atom. The highest BCUT2D eigenvalue weighted by Crippen LogP contribution is 2.15. The van der Waals surface area contributed by atoms with Gasteiger partial charge in [0.2, 0.25) is 0 Å². The van der Waals surface area contributed by atoms with Crippen molar-refractivity contribution in [2.75, 3.05) is 13.7 Å². The molecule has 1 unspecified atom stereocenters. The van der Waals surface area contributed by atoms with Gasteiger partial charge in [0, 0.05) is 6.54 Å². The van der Waals surface area contributed by atoms with Gasteiger partial charge in [0.25, 0.3) is 6.43 Å². The molecule has 1 aromatic rings. The second kappa shape index (κ2) is 6.46. The molecule has 18 heavy (non-hydrogen) atoms. The van der Waals surface area contributed by atoms with Crippen LogP contribution in [0.2, 0.25) is 0 Å². The van der Waals surface area contributed by atoms with E-state index in [1.807, 2.05) is 0 Å². The van der Waals surface area contributed by atoms with E-state index >= 15 is 0 Å². The molecule has 0 aromatic carbocycles. The number of methoxy groups -OCH3 is 1. The third kappa shape index (κ3) is 3.78. The molecular weight excluding hydrogens is 248 g/mol. The summed E-state index contributed by atoms with van der Waals surface area (Å²) in [6.45, 7) is 1.48. The Kier molecular flexibility index (Phi) is 5.24. The van der Waals surface area contributed by atoms with Gasteiger partial charge in [-0.05, 0) is 13.0 Å². The average molecular weight is 263 g/mol. The highest BCUT2D eigenvalue weighted by atomic mass is 19.3. The number of halogens is 2. The van der Waals surface area contributed by atoms with Gasteiger partial charge < -0.3 is 19.6 Å². The van der Waals surface area contributed by atoms with E-state index < -0.39 is 18.5 Å². The normalized spacial score (nSPS) is 12.8. The second-order valence-corrected chi connectivity index (χ2v) is 3.71. The molecule has 1 rings (SSSR count). The minimum absolute atomic E-state index is 0.140. The number of hydrogen-bond acceptors (Lipinski definition) is 5. The SMILES string of the molecule is COC(=O)c1cc(CNCC(O)C(F)F)oc1C. The minimum atomic E-state index is -2.79. The fourth-order valence-corrected chi connectivity index (χ4v) is 1.38. The predicted molar refractivity (Wildman–Crippen MR) is 58.5 cm³/mol.